The number of nitrogens with one attached hydrogen (secondary N) is 1. The lowest BCUT2D eigenvalue weighted by atomic mass is 9.99. The van der Waals surface area contributed by atoms with Crippen LogP contribution in [-0.4, -0.2) is 30.8 Å². The molecule has 1 N–H and O–H groups in total. The van der Waals surface area contributed by atoms with E-state index in [9.17, 15) is 13.2 Å². The third kappa shape index (κ3) is 3.41. The summed E-state index contributed by atoms with van der Waals surface area (Å²) in [5, 5.41) is 0. The first-order chi connectivity index (χ1) is 11.5. The SMILES string of the molecule is CCC(=O)N1CCc2ccc(NS(=O)(=O)c3cccnc3)cc2C1. The van der Waals surface area contributed by atoms with Crippen molar-refractivity contribution in [1.82, 2.24) is 9.88 Å². The topological polar surface area (TPSA) is 79.4 Å². The molecule has 0 saturated heterocycles. The Labute approximate surface area is 141 Å². The van der Waals surface area contributed by atoms with Crippen molar-refractivity contribution in [2.45, 2.75) is 31.2 Å². The summed E-state index contributed by atoms with van der Waals surface area (Å²) < 4.78 is 27.3. The average Bonchev–Trinajstić information content (AvgIpc) is 2.61. The number of amides is 1. The molecular weight excluding hydrogens is 326 g/mol. The maximum atomic E-state index is 12.4. The van der Waals surface area contributed by atoms with Gasteiger partial charge in [0.25, 0.3) is 10.0 Å². The molecule has 2 aromatic rings. The molecule has 1 aliphatic heterocycles. The van der Waals surface area contributed by atoms with Gasteiger partial charge in [-0.3, -0.25) is 14.5 Å². The number of aromatic nitrogens is 1. The van der Waals surface area contributed by atoms with Gasteiger partial charge >= 0.3 is 0 Å². The normalized spacial score (nSPS) is 14.1. The van der Waals surface area contributed by atoms with E-state index in [0.29, 0.717) is 25.2 Å². The van der Waals surface area contributed by atoms with Crippen molar-refractivity contribution in [2.24, 2.45) is 0 Å². The van der Waals surface area contributed by atoms with Gasteiger partial charge < -0.3 is 4.90 Å². The van der Waals surface area contributed by atoms with E-state index in [4.69, 9.17) is 0 Å². The van der Waals surface area contributed by atoms with Gasteiger partial charge in [-0.15, -0.1) is 0 Å². The van der Waals surface area contributed by atoms with Crippen LogP contribution in [0.2, 0.25) is 0 Å². The van der Waals surface area contributed by atoms with Gasteiger partial charge in [0.2, 0.25) is 5.91 Å². The summed E-state index contributed by atoms with van der Waals surface area (Å²) in [4.78, 5) is 17.6. The van der Waals surface area contributed by atoms with Gasteiger partial charge in [-0.05, 0) is 41.8 Å². The molecular formula is C17H19N3O3S. The monoisotopic (exact) mass is 345 g/mol. The third-order valence-corrected chi connectivity index (χ3v) is 5.44. The van der Waals surface area contributed by atoms with Crippen LogP contribution in [0, 0.1) is 0 Å². The number of hydrogen-bond acceptors (Lipinski definition) is 4. The molecule has 24 heavy (non-hydrogen) atoms. The standard InChI is InChI=1S/C17H19N3O3S/c1-2-17(21)20-9-7-13-5-6-15(10-14(13)12-20)19-24(22,23)16-4-3-8-18-11-16/h3-6,8,10-11,19H,2,7,9,12H2,1H3. The molecule has 1 aromatic carbocycles. The minimum absolute atomic E-state index is 0.113. The van der Waals surface area contributed by atoms with Crippen molar-refractivity contribution in [2.75, 3.05) is 11.3 Å². The summed E-state index contributed by atoms with van der Waals surface area (Å²) in [5.74, 6) is 0.113. The second-order valence-electron chi connectivity index (χ2n) is 5.70. The Morgan fingerprint density at radius 2 is 2.12 bits per heavy atom. The highest BCUT2D eigenvalue weighted by Gasteiger charge is 2.21. The molecule has 0 atom stereocenters. The van der Waals surface area contributed by atoms with Crippen molar-refractivity contribution in [3.8, 4) is 0 Å². The van der Waals surface area contributed by atoms with Gasteiger partial charge in [-0.2, -0.15) is 0 Å². The minimum atomic E-state index is -3.67. The Hall–Kier alpha value is -2.41. The molecule has 6 nitrogen and oxygen atoms in total. The number of rotatable bonds is 4. The third-order valence-electron chi connectivity index (χ3n) is 4.07. The molecule has 1 amide bonds. The fourth-order valence-corrected chi connectivity index (χ4v) is 3.79. The van der Waals surface area contributed by atoms with E-state index in [1.165, 1.54) is 18.5 Å². The number of nitrogens with zero attached hydrogens (tertiary/aromatic N) is 2. The van der Waals surface area contributed by atoms with Gasteiger partial charge in [0.05, 0.1) is 0 Å². The highest BCUT2D eigenvalue weighted by molar-refractivity contribution is 7.92. The number of carbonyl (C=O) groups excluding carboxylic acids is 1. The van der Waals surface area contributed by atoms with Crippen molar-refractivity contribution in [3.05, 3.63) is 53.9 Å². The van der Waals surface area contributed by atoms with Gasteiger partial charge in [0.1, 0.15) is 4.90 Å². The number of benzene rings is 1. The predicted molar refractivity (Wildman–Crippen MR) is 90.9 cm³/mol. The maximum Gasteiger partial charge on any atom is 0.263 e. The van der Waals surface area contributed by atoms with Crippen LogP contribution in [0.15, 0.2) is 47.6 Å². The minimum Gasteiger partial charge on any atom is -0.338 e. The fourth-order valence-electron chi connectivity index (χ4n) is 2.78. The highest BCUT2D eigenvalue weighted by atomic mass is 32.2. The Morgan fingerprint density at radius 3 is 2.83 bits per heavy atom. The number of hydrogen-bond donors (Lipinski definition) is 1. The van der Waals surface area contributed by atoms with Crippen LogP contribution in [0.25, 0.3) is 0 Å². The lowest BCUT2D eigenvalue weighted by Gasteiger charge is -2.29. The van der Waals surface area contributed by atoms with Gasteiger partial charge in [0, 0.05) is 37.6 Å². The Balaban J connectivity index is 1.83. The van der Waals surface area contributed by atoms with Crippen LogP contribution >= 0.6 is 0 Å². The second-order valence-corrected chi connectivity index (χ2v) is 7.38. The van der Waals surface area contributed by atoms with E-state index in [1.54, 1.807) is 18.2 Å². The summed E-state index contributed by atoms with van der Waals surface area (Å²) in [7, 11) is -3.67. The predicted octanol–water partition coefficient (Wildman–Crippen LogP) is 2.18. The van der Waals surface area contributed by atoms with Crippen LogP contribution in [0.3, 0.4) is 0 Å². The molecule has 1 aromatic heterocycles. The Morgan fingerprint density at radius 1 is 1.29 bits per heavy atom. The molecule has 126 valence electrons. The molecule has 0 unspecified atom stereocenters. The van der Waals surface area contributed by atoms with E-state index in [0.717, 1.165) is 17.5 Å². The van der Waals surface area contributed by atoms with Crippen molar-refractivity contribution >= 4 is 21.6 Å². The smallest absolute Gasteiger partial charge is 0.263 e. The van der Waals surface area contributed by atoms with Gasteiger partial charge in [0.15, 0.2) is 0 Å². The van der Waals surface area contributed by atoms with E-state index >= 15 is 0 Å². The number of carbonyl (C=O) groups is 1. The zero-order valence-electron chi connectivity index (χ0n) is 13.4. The summed E-state index contributed by atoms with van der Waals surface area (Å²) in [6.45, 7) is 3.07. The van der Waals surface area contributed by atoms with E-state index in [2.05, 4.69) is 9.71 Å². The Kier molecular flexibility index (Phi) is 4.53. The first-order valence-electron chi connectivity index (χ1n) is 7.82. The first-order valence-corrected chi connectivity index (χ1v) is 9.30. The Bertz CT molecular complexity index is 851. The number of fused-ring (bicyclic) bond motifs is 1. The molecule has 2 heterocycles. The van der Waals surface area contributed by atoms with E-state index in [-0.39, 0.29) is 10.8 Å². The quantitative estimate of drug-likeness (QED) is 0.921. The number of pyridine rings is 1. The second kappa shape index (κ2) is 6.60. The fraction of sp³-hybridized carbons (Fsp3) is 0.294. The molecule has 0 fully saturated rings. The van der Waals surface area contributed by atoms with Gasteiger partial charge in [-0.1, -0.05) is 13.0 Å². The van der Waals surface area contributed by atoms with E-state index < -0.39 is 10.0 Å². The lowest BCUT2D eigenvalue weighted by molar-refractivity contribution is -0.131. The number of anilines is 1. The lowest BCUT2D eigenvalue weighted by Crippen LogP contribution is -2.35. The maximum absolute atomic E-state index is 12.4. The molecule has 3 rings (SSSR count). The summed E-state index contributed by atoms with van der Waals surface area (Å²) in [6.07, 6.45) is 4.10. The van der Waals surface area contributed by atoms with Crippen molar-refractivity contribution in [3.63, 3.8) is 0 Å². The summed E-state index contributed by atoms with van der Waals surface area (Å²) >= 11 is 0. The molecule has 0 spiro atoms. The molecule has 0 bridgehead atoms. The number of sulfonamides is 1. The van der Waals surface area contributed by atoms with Crippen LogP contribution < -0.4 is 4.72 Å². The molecule has 1 aliphatic rings. The average molecular weight is 345 g/mol. The largest absolute Gasteiger partial charge is 0.338 e. The zero-order chi connectivity index (χ0) is 17.2. The zero-order valence-corrected chi connectivity index (χ0v) is 14.2. The molecule has 0 radical (unpaired) electrons. The van der Waals surface area contributed by atoms with Crippen LogP contribution in [0.1, 0.15) is 24.5 Å². The molecule has 7 heteroatoms. The van der Waals surface area contributed by atoms with Crippen LogP contribution in [0.4, 0.5) is 5.69 Å². The first kappa shape index (κ1) is 16.4. The van der Waals surface area contributed by atoms with Crippen LogP contribution in [-0.2, 0) is 27.8 Å². The summed E-state index contributed by atoms with van der Waals surface area (Å²) in [5.41, 5.74) is 2.62. The van der Waals surface area contributed by atoms with Crippen molar-refractivity contribution in [1.29, 1.82) is 0 Å². The van der Waals surface area contributed by atoms with E-state index in [1.807, 2.05) is 17.9 Å². The summed E-state index contributed by atoms with van der Waals surface area (Å²) in [6, 6.07) is 8.55. The van der Waals surface area contributed by atoms with Crippen molar-refractivity contribution < 1.29 is 13.2 Å². The molecule has 0 aliphatic carbocycles. The molecule has 0 saturated carbocycles. The van der Waals surface area contributed by atoms with Gasteiger partial charge in [-0.25, -0.2) is 8.42 Å². The highest BCUT2D eigenvalue weighted by Crippen LogP contribution is 2.24. The van der Waals surface area contributed by atoms with Crippen LogP contribution in [0.5, 0.6) is 0 Å².